The zero-order chi connectivity index (χ0) is 12.6. The Balaban J connectivity index is 2.60. The fraction of sp³-hybridized carbons (Fsp3) is 0.875. The number of rotatable bonds is 2. The minimum Gasteiger partial charge on any atom is -0.339 e. The van der Waals surface area contributed by atoms with Gasteiger partial charge in [-0.15, -0.1) is 0 Å². The van der Waals surface area contributed by atoms with Crippen molar-refractivity contribution in [3.63, 3.8) is 0 Å². The summed E-state index contributed by atoms with van der Waals surface area (Å²) in [6.45, 7) is 4.80. The Labute approximate surface area is 104 Å². The van der Waals surface area contributed by atoms with E-state index in [2.05, 4.69) is 15.9 Å². The lowest BCUT2D eigenvalue weighted by molar-refractivity contribution is -0.133. The van der Waals surface area contributed by atoms with Crippen LogP contribution in [-0.4, -0.2) is 54.0 Å². The molecule has 1 heterocycles. The van der Waals surface area contributed by atoms with Gasteiger partial charge in [0, 0.05) is 26.2 Å². The molecular formula is C8H16BrN3O3S. The molecule has 0 radical (unpaired) electrons. The van der Waals surface area contributed by atoms with Gasteiger partial charge >= 0.3 is 0 Å². The Morgan fingerprint density at radius 3 is 2.00 bits per heavy atom. The van der Waals surface area contributed by atoms with Crippen LogP contribution in [0, 0.1) is 0 Å². The van der Waals surface area contributed by atoms with E-state index in [9.17, 15) is 13.2 Å². The molecular weight excluding hydrogens is 298 g/mol. The number of nitrogens with zero attached hydrogens (tertiary/aromatic N) is 2. The van der Waals surface area contributed by atoms with Gasteiger partial charge in [-0.1, -0.05) is 15.9 Å². The van der Waals surface area contributed by atoms with E-state index >= 15 is 0 Å². The van der Waals surface area contributed by atoms with Crippen LogP contribution in [-0.2, 0) is 15.0 Å². The standard InChI is InChI=1S/C8H16BrN3O3S/c1-8(2,9)7(13)11-3-5-12(6-4-11)16(10,14)15/h3-6H2,1-2H3,(H2,10,14,15). The van der Waals surface area contributed by atoms with Crippen molar-refractivity contribution in [3.05, 3.63) is 0 Å². The number of nitrogens with two attached hydrogens (primary N) is 1. The maximum Gasteiger partial charge on any atom is 0.277 e. The van der Waals surface area contributed by atoms with Gasteiger partial charge in [-0.25, -0.2) is 5.14 Å². The van der Waals surface area contributed by atoms with Crippen LogP contribution in [0.3, 0.4) is 0 Å². The summed E-state index contributed by atoms with van der Waals surface area (Å²) in [6.07, 6.45) is 0. The van der Waals surface area contributed by atoms with Crippen LogP contribution in [0.4, 0.5) is 0 Å². The maximum atomic E-state index is 11.9. The highest BCUT2D eigenvalue weighted by Gasteiger charge is 2.33. The molecule has 16 heavy (non-hydrogen) atoms. The average Bonchev–Trinajstić information content (AvgIpc) is 2.14. The van der Waals surface area contributed by atoms with E-state index in [0.29, 0.717) is 13.1 Å². The van der Waals surface area contributed by atoms with Crippen LogP contribution in [0.25, 0.3) is 0 Å². The Morgan fingerprint density at radius 1 is 1.25 bits per heavy atom. The Kier molecular flexibility index (Phi) is 3.99. The average molecular weight is 314 g/mol. The molecule has 6 nitrogen and oxygen atoms in total. The van der Waals surface area contributed by atoms with Crippen molar-refractivity contribution in [2.75, 3.05) is 26.2 Å². The minimum absolute atomic E-state index is 0.0402. The summed E-state index contributed by atoms with van der Waals surface area (Å²) in [5.41, 5.74) is 0. The molecule has 1 rings (SSSR count). The van der Waals surface area contributed by atoms with Crippen LogP contribution < -0.4 is 5.14 Å². The molecule has 1 saturated heterocycles. The second kappa shape index (κ2) is 4.59. The lowest BCUT2D eigenvalue weighted by atomic mass is 10.1. The number of amides is 1. The van der Waals surface area contributed by atoms with Gasteiger partial charge in [-0.2, -0.15) is 12.7 Å². The van der Waals surface area contributed by atoms with Crippen molar-refractivity contribution in [2.24, 2.45) is 5.14 Å². The molecule has 8 heteroatoms. The number of piperazine rings is 1. The SMILES string of the molecule is CC(C)(Br)C(=O)N1CCN(S(N)(=O)=O)CC1. The molecule has 0 aromatic carbocycles. The molecule has 94 valence electrons. The first-order chi connectivity index (χ1) is 7.12. The summed E-state index contributed by atoms with van der Waals surface area (Å²) in [5, 5.41) is 5.00. The van der Waals surface area contributed by atoms with Crippen molar-refractivity contribution in [1.29, 1.82) is 0 Å². The third-order valence-corrected chi connectivity index (χ3v) is 3.82. The Morgan fingerprint density at radius 2 is 1.69 bits per heavy atom. The van der Waals surface area contributed by atoms with Crippen LogP contribution in [0.2, 0.25) is 0 Å². The Hall–Kier alpha value is -0.180. The van der Waals surface area contributed by atoms with Crippen molar-refractivity contribution < 1.29 is 13.2 Å². The normalized spacial score (nSPS) is 19.9. The molecule has 1 amide bonds. The molecule has 0 aromatic rings. The fourth-order valence-corrected chi connectivity index (χ4v) is 2.44. The van der Waals surface area contributed by atoms with Crippen molar-refractivity contribution in [2.45, 2.75) is 18.2 Å². The number of alkyl halides is 1. The van der Waals surface area contributed by atoms with E-state index < -0.39 is 14.5 Å². The summed E-state index contributed by atoms with van der Waals surface area (Å²) < 4.78 is 22.7. The third-order valence-electron chi connectivity index (χ3n) is 2.39. The first-order valence-corrected chi connectivity index (χ1v) is 7.18. The maximum absolute atomic E-state index is 11.9. The highest BCUT2D eigenvalue weighted by molar-refractivity contribution is 9.10. The van der Waals surface area contributed by atoms with E-state index in [0.717, 1.165) is 0 Å². The first kappa shape index (κ1) is 13.9. The van der Waals surface area contributed by atoms with Gasteiger partial charge in [-0.05, 0) is 13.8 Å². The molecule has 0 spiro atoms. The van der Waals surface area contributed by atoms with Gasteiger partial charge in [0.1, 0.15) is 0 Å². The van der Waals surface area contributed by atoms with Gasteiger partial charge in [0.2, 0.25) is 5.91 Å². The van der Waals surface area contributed by atoms with E-state index in [1.165, 1.54) is 4.31 Å². The molecule has 0 saturated carbocycles. The lowest BCUT2D eigenvalue weighted by Crippen LogP contribution is -2.54. The van der Waals surface area contributed by atoms with Gasteiger partial charge in [0.25, 0.3) is 10.2 Å². The topological polar surface area (TPSA) is 83.7 Å². The van der Waals surface area contributed by atoms with Crippen LogP contribution >= 0.6 is 15.9 Å². The molecule has 0 bridgehead atoms. The highest BCUT2D eigenvalue weighted by Crippen LogP contribution is 2.20. The number of carbonyl (C=O) groups is 1. The van der Waals surface area contributed by atoms with Crippen LogP contribution in [0.5, 0.6) is 0 Å². The van der Waals surface area contributed by atoms with E-state index in [4.69, 9.17) is 5.14 Å². The molecule has 0 atom stereocenters. The quantitative estimate of drug-likeness (QED) is 0.698. The monoisotopic (exact) mass is 313 g/mol. The van der Waals surface area contributed by atoms with Gasteiger partial charge in [0.15, 0.2) is 0 Å². The number of hydrogen-bond acceptors (Lipinski definition) is 3. The fourth-order valence-electron chi connectivity index (χ4n) is 1.52. The molecule has 0 unspecified atom stereocenters. The first-order valence-electron chi connectivity index (χ1n) is 4.88. The van der Waals surface area contributed by atoms with Gasteiger partial charge in [-0.3, -0.25) is 4.79 Å². The third kappa shape index (κ3) is 3.41. The van der Waals surface area contributed by atoms with Crippen LogP contribution in [0.1, 0.15) is 13.8 Å². The molecule has 0 aliphatic carbocycles. The second-order valence-corrected chi connectivity index (χ2v) is 7.74. The minimum atomic E-state index is -3.63. The van der Waals surface area contributed by atoms with E-state index in [1.54, 1.807) is 18.7 Å². The summed E-state index contributed by atoms with van der Waals surface area (Å²) in [7, 11) is -3.63. The van der Waals surface area contributed by atoms with E-state index in [1.807, 2.05) is 0 Å². The smallest absolute Gasteiger partial charge is 0.277 e. The number of halogens is 1. The lowest BCUT2D eigenvalue weighted by Gasteiger charge is -2.35. The summed E-state index contributed by atoms with van der Waals surface area (Å²) in [5.74, 6) is -0.0402. The highest BCUT2D eigenvalue weighted by atomic mass is 79.9. The molecule has 1 aliphatic heterocycles. The number of carbonyl (C=O) groups excluding carboxylic acids is 1. The molecule has 2 N–H and O–H groups in total. The van der Waals surface area contributed by atoms with Crippen LogP contribution in [0.15, 0.2) is 0 Å². The summed E-state index contributed by atoms with van der Waals surface area (Å²) in [6, 6.07) is 0. The Bertz CT molecular complexity index is 368. The van der Waals surface area contributed by atoms with Gasteiger partial charge < -0.3 is 4.90 Å². The van der Waals surface area contributed by atoms with Crippen molar-refractivity contribution in [3.8, 4) is 0 Å². The molecule has 0 aromatic heterocycles. The second-order valence-electron chi connectivity index (χ2n) is 4.21. The largest absolute Gasteiger partial charge is 0.339 e. The van der Waals surface area contributed by atoms with Gasteiger partial charge in [0.05, 0.1) is 4.32 Å². The molecule has 1 fully saturated rings. The zero-order valence-corrected chi connectivity index (χ0v) is 11.7. The molecule has 1 aliphatic rings. The van der Waals surface area contributed by atoms with Crippen molar-refractivity contribution in [1.82, 2.24) is 9.21 Å². The predicted octanol–water partition coefficient (Wildman–Crippen LogP) is -0.492. The number of hydrogen-bond donors (Lipinski definition) is 1. The predicted molar refractivity (Wildman–Crippen MR) is 64.3 cm³/mol. The van der Waals surface area contributed by atoms with Crippen molar-refractivity contribution >= 4 is 32.0 Å². The summed E-state index contributed by atoms with van der Waals surface area (Å²) >= 11 is 3.29. The van der Waals surface area contributed by atoms with E-state index in [-0.39, 0.29) is 19.0 Å². The summed E-state index contributed by atoms with van der Waals surface area (Å²) in [4.78, 5) is 13.5. The zero-order valence-electron chi connectivity index (χ0n) is 9.31.